The molecule has 39 heavy (non-hydrogen) atoms. The summed E-state index contributed by atoms with van der Waals surface area (Å²) in [6.07, 6.45) is 6.25. The molecule has 4 heterocycles. The van der Waals surface area contributed by atoms with Crippen LogP contribution in [0.4, 0.5) is 10.1 Å². The Kier molecular flexibility index (Phi) is 6.20. The van der Waals surface area contributed by atoms with E-state index in [0.29, 0.717) is 46.1 Å². The number of carbonyl (C=O) groups excluding carboxylic acids is 1. The van der Waals surface area contributed by atoms with E-state index < -0.39 is 5.82 Å². The molecule has 0 spiro atoms. The minimum atomic E-state index is -0.400. The van der Waals surface area contributed by atoms with Gasteiger partial charge in [0.2, 0.25) is 5.91 Å². The molecule has 0 bridgehead atoms. The molecule has 1 amide bonds. The molecular weight excluding hydrogens is 497 g/mol. The van der Waals surface area contributed by atoms with E-state index in [9.17, 15) is 9.18 Å². The number of nitrogens with zero attached hydrogens (tertiary/aromatic N) is 4. The van der Waals surface area contributed by atoms with E-state index in [1.165, 1.54) is 19.2 Å². The number of anilines is 1. The second-order valence-corrected chi connectivity index (χ2v) is 9.12. The number of hydrogen-bond acceptors (Lipinski definition) is 6. The second-order valence-electron chi connectivity index (χ2n) is 9.12. The van der Waals surface area contributed by atoms with Gasteiger partial charge in [-0.05, 0) is 53.9 Å². The molecule has 0 saturated carbocycles. The number of amides is 1. The first kappa shape index (κ1) is 24.2. The maximum atomic E-state index is 14.2. The number of aromatic amines is 2. The highest BCUT2D eigenvalue weighted by Gasteiger charge is 2.17. The van der Waals surface area contributed by atoms with Crippen molar-refractivity contribution < 1.29 is 13.9 Å². The van der Waals surface area contributed by atoms with Gasteiger partial charge < -0.3 is 15.0 Å². The lowest BCUT2D eigenvalue weighted by Gasteiger charge is -2.07. The Morgan fingerprint density at radius 2 is 1.95 bits per heavy atom. The van der Waals surface area contributed by atoms with Gasteiger partial charge in [-0.25, -0.2) is 14.4 Å². The number of aromatic nitrogens is 6. The van der Waals surface area contributed by atoms with Gasteiger partial charge >= 0.3 is 0 Å². The average molecular weight is 522 g/mol. The number of halogens is 1. The molecule has 10 heteroatoms. The molecule has 9 nitrogen and oxygen atoms in total. The van der Waals surface area contributed by atoms with Crippen LogP contribution in [0.15, 0.2) is 67.1 Å². The molecule has 2 aromatic carbocycles. The number of benzene rings is 2. The van der Waals surface area contributed by atoms with E-state index in [0.717, 1.165) is 34.0 Å². The first-order valence-electron chi connectivity index (χ1n) is 12.5. The number of nitrogens with one attached hydrogen (secondary N) is 3. The van der Waals surface area contributed by atoms with Gasteiger partial charge in [-0.15, -0.1) is 0 Å². The van der Waals surface area contributed by atoms with E-state index >= 15 is 0 Å². The summed E-state index contributed by atoms with van der Waals surface area (Å²) in [4.78, 5) is 28.8. The minimum Gasteiger partial charge on any atom is -0.497 e. The maximum Gasteiger partial charge on any atom is 0.224 e. The van der Waals surface area contributed by atoms with Crippen molar-refractivity contribution in [2.24, 2.45) is 0 Å². The van der Waals surface area contributed by atoms with Crippen molar-refractivity contribution in [1.82, 2.24) is 30.1 Å². The zero-order valence-corrected chi connectivity index (χ0v) is 21.2. The molecule has 4 aromatic heterocycles. The topological polar surface area (TPSA) is 121 Å². The number of rotatable bonds is 7. The zero-order valence-electron chi connectivity index (χ0n) is 21.2. The van der Waals surface area contributed by atoms with Crippen molar-refractivity contribution in [1.29, 1.82) is 0 Å². The minimum absolute atomic E-state index is 0.0430. The molecule has 0 aliphatic heterocycles. The van der Waals surface area contributed by atoms with Crippen LogP contribution in [0.2, 0.25) is 0 Å². The van der Waals surface area contributed by atoms with Gasteiger partial charge in [0, 0.05) is 41.4 Å². The highest BCUT2D eigenvalue weighted by molar-refractivity contribution is 5.98. The second kappa shape index (κ2) is 9.97. The third-order valence-corrected chi connectivity index (χ3v) is 6.43. The smallest absolute Gasteiger partial charge is 0.224 e. The lowest BCUT2D eigenvalue weighted by molar-refractivity contribution is -0.116. The lowest BCUT2D eigenvalue weighted by Crippen LogP contribution is -2.10. The number of fused-ring (bicyclic) bond motifs is 2. The number of carbonyl (C=O) groups is 1. The molecule has 6 rings (SSSR count). The number of pyridine rings is 2. The van der Waals surface area contributed by atoms with Crippen LogP contribution in [0.1, 0.15) is 19.8 Å². The third kappa shape index (κ3) is 4.68. The summed E-state index contributed by atoms with van der Waals surface area (Å²) in [5.41, 5.74) is 6.38. The van der Waals surface area contributed by atoms with Crippen molar-refractivity contribution in [3.05, 3.63) is 72.9 Å². The molecule has 0 fully saturated rings. The van der Waals surface area contributed by atoms with Crippen LogP contribution in [0.5, 0.6) is 5.75 Å². The largest absolute Gasteiger partial charge is 0.497 e. The zero-order chi connectivity index (χ0) is 26.9. The Morgan fingerprint density at radius 3 is 2.79 bits per heavy atom. The number of ether oxygens (including phenoxy) is 1. The van der Waals surface area contributed by atoms with Crippen LogP contribution in [0.3, 0.4) is 0 Å². The Morgan fingerprint density at radius 1 is 1.05 bits per heavy atom. The van der Waals surface area contributed by atoms with Gasteiger partial charge in [0.1, 0.15) is 17.3 Å². The number of methoxy groups -OCH3 is 1. The van der Waals surface area contributed by atoms with Gasteiger partial charge in [-0.1, -0.05) is 13.0 Å². The van der Waals surface area contributed by atoms with E-state index in [1.807, 2.05) is 31.2 Å². The Bertz CT molecular complexity index is 1840. The molecule has 0 atom stereocenters. The summed E-state index contributed by atoms with van der Waals surface area (Å²) in [6, 6.07) is 14.1. The Balaban J connectivity index is 1.40. The van der Waals surface area contributed by atoms with Crippen molar-refractivity contribution >= 4 is 33.7 Å². The van der Waals surface area contributed by atoms with Crippen molar-refractivity contribution in [3.8, 4) is 39.5 Å². The maximum absolute atomic E-state index is 14.2. The van der Waals surface area contributed by atoms with Crippen LogP contribution >= 0.6 is 0 Å². The fourth-order valence-corrected chi connectivity index (χ4v) is 4.59. The van der Waals surface area contributed by atoms with E-state index in [4.69, 9.17) is 4.74 Å². The van der Waals surface area contributed by atoms with Crippen molar-refractivity contribution in [2.45, 2.75) is 19.8 Å². The monoisotopic (exact) mass is 521 g/mol. The van der Waals surface area contributed by atoms with Crippen LogP contribution in [-0.2, 0) is 4.79 Å². The van der Waals surface area contributed by atoms with Crippen LogP contribution in [0, 0.1) is 5.82 Å². The predicted octanol–water partition coefficient (Wildman–Crippen LogP) is 6.12. The van der Waals surface area contributed by atoms with Crippen LogP contribution in [-0.4, -0.2) is 43.2 Å². The van der Waals surface area contributed by atoms with Gasteiger partial charge in [-0.3, -0.25) is 14.9 Å². The molecular formula is C29H24FN7O2. The molecule has 0 aliphatic carbocycles. The van der Waals surface area contributed by atoms with E-state index in [1.54, 1.807) is 30.7 Å². The fourth-order valence-electron chi connectivity index (χ4n) is 4.59. The Labute approximate surface area is 222 Å². The molecule has 194 valence electrons. The fraction of sp³-hybridized carbons (Fsp3) is 0.138. The summed E-state index contributed by atoms with van der Waals surface area (Å²) in [7, 11) is 1.50. The molecule has 0 radical (unpaired) electrons. The number of imidazole rings is 1. The van der Waals surface area contributed by atoms with Gasteiger partial charge in [-0.2, -0.15) is 5.10 Å². The lowest BCUT2D eigenvalue weighted by atomic mass is 10.0. The SMILES string of the molecule is CCCC(=O)Nc1cncc(-c2ccc3[nH]nc(-c4nc5nccc(-c6cc(F)cc(OC)c6)c5[nH]4)c3c2)c1. The van der Waals surface area contributed by atoms with Gasteiger partial charge in [0.25, 0.3) is 0 Å². The first-order valence-corrected chi connectivity index (χ1v) is 12.5. The summed E-state index contributed by atoms with van der Waals surface area (Å²) in [5, 5.41) is 11.3. The van der Waals surface area contributed by atoms with Crippen LogP contribution < -0.4 is 10.1 Å². The molecule has 6 aromatic rings. The summed E-state index contributed by atoms with van der Waals surface area (Å²) in [5.74, 6) is 0.501. The highest BCUT2D eigenvalue weighted by Crippen LogP contribution is 2.34. The Hall–Kier alpha value is -5.12. The quantitative estimate of drug-likeness (QED) is 0.233. The summed E-state index contributed by atoms with van der Waals surface area (Å²) >= 11 is 0. The first-order chi connectivity index (χ1) is 19.0. The van der Waals surface area contributed by atoms with E-state index in [-0.39, 0.29) is 5.91 Å². The third-order valence-electron chi connectivity index (χ3n) is 6.43. The predicted molar refractivity (Wildman–Crippen MR) is 148 cm³/mol. The summed E-state index contributed by atoms with van der Waals surface area (Å²) < 4.78 is 19.5. The summed E-state index contributed by atoms with van der Waals surface area (Å²) in [6.45, 7) is 1.96. The van der Waals surface area contributed by atoms with Crippen molar-refractivity contribution in [3.63, 3.8) is 0 Å². The number of hydrogen-bond donors (Lipinski definition) is 3. The van der Waals surface area contributed by atoms with Crippen molar-refractivity contribution in [2.75, 3.05) is 12.4 Å². The highest BCUT2D eigenvalue weighted by atomic mass is 19.1. The number of H-pyrrole nitrogens is 2. The van der Waals surface area contributed by atoms with Gasteiger partial charge in [0.05, 0.1) is 30.0 Å². The van der Waals surface area contributed by atoms with E-state index in [2.05, 4.69) is 35.5 Å². The van der Waals surface area contributed by atoms with Crippen LogP contribution in [0.25, 0.3) is 55.8 Å². The standard InChI is InChI=1S/C29H24FN7O2/c1-3-4-25(38)33-20-10-18(14-31-15-20)16-5-6-24-23(12-16)27(37-36-24)29-34-26-22(7-8-32-28(26)35-29)17-9-19(30)13-21(11-17)39-2/h5-15H,3-4H2,1-2H3,(H,33,38)(H,36,37)(H,32,34,35). The molecule has 3 N–H and O–H groups in total. The average Bonchev–Trinajstić information content (AvgIpc) is 3.56. The molecule has 0 aliphatic rings. The molecule has 0 unspecified atom stereocenters. The van der Waals surface area contributed by atoms with Gasteiger partial charge in [0.15, 0.2) is 11.5 Å². The normalized spacial score (nSPS) is 11.3. The molecule has 0 saturated heterocycles.